The van der Waals surface area contributed by atoms with E-state index >= 15 is 0 Å². The summed E-state index contributed by atoms with van der Waals surface area (Å²) in [4.78, 5) is 21.6. The van der Waals surface area contributed by atoms with Gasteiger partial charge >= 0.3 is 0 Å². The van der Waals surface area contributed by atoms with Crippen LogP contribution in [0.4, 0.5) is 21.7 Å². The molecule has 2 aromatic rings. The number of rotatable bonds is 4. The van der Waals surface area contributed by atoms with Gasteiger partial charge in [-0.05, 0) is 31.5 Å². The fourth-order valence-corrected chi connectivity index (χ4v) is 2.09. The lowest BCUT2D eigenvalue weighted by Crippen LogP contribution is -2.14. The fraction of sp³-hybridized carbons (Fsp3) is 0.267. The summed E-state index contributed by atoms with van der Waals surface area (Å²) >= 11 is 0. The monoisotopic (exact) mass is 303 g/mol. The Morgan fingerprint density at radius 2 is 2.00 bits per heavy atom. The van der Waals surface area contributed by atoms with Gasteiger partial charge in [0.05, 0.1) is 23.1 Å². The predicted octanol–water partition coefficient (Wildman–Crippen LogP) is 2.14. The van der Waals surface area contributed by atoms with Gasteiger partial charge in [0.15, 0.2) is 0 Å². The van der Waals surface area contributed by atoms with E-state index in [9.17, 15) is 9.18 Å². The van der Waals surface area contributed by atoms with Crippen LogP contribution in [0.1, 0.15) is 21.6 Å². The van der Waals surface area contributed by atoms with Crippen LogP contribution in [-0.4, -0.2) is 30.0 Å². The molecule has 0 saturated carbocycles. The zero-order chi connectivity index (χ0) is 16.4. The molecule has 0 bridgehead atoms. The van der Waals surface area contributed by atoms with Crippen LogP contribution < -0.4 is 16.0 Å². The maximum absolute atomic E-state index is 13.8. The van der Waals surface area contributed by atoms with Gasteiger partial charge in [-0.3, -0.25) is 4.79 Å². The third-order valence-corrected chi connectivity index (χ3v) is 3.26. The molecule has 0 fully saturated rings. The normalized spacial score (nSPS) is 10.4. The average Bonchev–Trinajstić information content (AvgIpc) is 2.41. The van der Waals surface area contributed by atoms with Crippen molar-refractivity contribution in [2.75, 3.05) is 24.3 Å². The van der Waals surface area contributed by atoms with Gasteiger partial charge in [-0.15, -0.1) is 0 Å². The van der Waals surface area contributed by atoms with Crippen molar-refractivity contribution >= 4 is 23.2 Å². The van der Waals surface area contributed by atoms with E-state index in [0.717, 1.165) is 11.4 Å². The van der Waals surface area contributed by atoms with Crippen LogP contribution in [0.25, 0.3) is 0 Å². The van der Waals surface area contributed by atoms with Crippen LogP contribution in [0.3, 0.4) is 0 Å². The van der Waals surface area contributed by atoms with Crippen molar-refractivity contribution in [3.8, 4) is 0 Å². The van der Waals surface area contributed by atoms with Crippen LogP contribution in [0.2, 0.25) is 0 Å². The van der Waals surface area contributed by atoms with Gasteiger partial charge < -0.3 is 16.0 Å². The molecule has 22 heavy (non-hydrogen) atoms. The molecule has 6 nitrogen and oxygen atoms in total. The largest absolute Gasteiger partial charge is 0.375 e. The number of hydrogen-bond acceptors (Lipinski definition) is 5. The number of carbonyl (C=O) groups is 1. The summed E-state index contributed by atoms with van der Waals surface area (Å²) in [7, 11) is 3.81. The summed E-state index contributed by atoms with van der Waals surface area (Å²) in [6, 6.07) is 2.62. The Bertz CT molecular complexity index is 730. The molecule has 1 aromatic heterocycles. The van der Waals surface area contributed by atoms with E-state index in [4.69, 9.17) is 5.73 Å². The summed E-state index contributed by atoms with van der Waals surface area (Å²) in [6.45, 7) is 3.61. The van der Waals surface area contributed by atoms with Crippen LogP contribution in [0, 0.1) is 19.7 Å². The number of primary amides is 1. The van der Waals surface area contributed by atoms with Crippen molar-refractivity contribution < 1.29 is 9.18 Å². The van der Waals surface area contributed by atoms with Crippen molar-refractivity contribution in [2.45, 2.75) is 13.8 Å². The van der Waals surface area contributed by atoms with E-state index < -0.39 is 11.7 Å². The summed E-state index contributed by atoms with van der Waals surface area (Å²) in [5.74, 6) is -1.12. The van der Waals surface area contributed by atoms with Crippen molar-refractivity contribution in [3.63, 3.8) is 0 Å². The molecule has 2 rings (SSSR count). The molecule has 0 unspecified atom stereocenters. The third kappa shape index (κ3) is 3.13. The van der Waals surface area contributed by atoms with E-state index in [1.54, 1.807) is 13.1 Å². The second kappa shape index (κ2) is 5.97. The fourth-order valence-electron chi connectivity index (χ4n) is 2.09. The maximum Gasteiger partial charge on any atom is 0.251 e. The summed E-state index contributed by atoms with van der Waals surface area (Å²) in [5.41, 5.74) is 7.85. The quantitative estimate of drug-likeness (QED) is 0.904. The van der Waals surface area contributed by atoms with E-state index in [1.807, 2.05) is 25.9 Å². The van der Waals surface area contributed by atoms with Gasteiger partial charge in [0, 0.05) is 19.8 Å². The minimum Gasteiger partial charge on any atom is -0.375 e. The lowest BCUT2D eigenvalue weighted by molar-refractivity contribution is 0.0996. The van der Waals surface area contributed by atoms with Crippen molar-refractivity contribution in [3.05, 3.63) is 41.0 Å². The first kappa shape index (κ1) is 15.7. The number of nitrogens with two attached hydrogens (primary N) is 1. The average molecular weight is 303 g/mol. The molecule has 3 N–H and O–H groups in total. The second-order valence-electron chi connectivity index (χ2n) is 5.19. The molecule has 7 heteroatoms. The Morgan fingerprint density at radius 3 is 2.55 bits per heavy atom. The third-order valence-electron chi connectivity index (χ3n) is 3.26. The first-order valence-corrected chi connectivity index (χ1v) is 6.67. The first-order valence-electron chi connectivity index (χ1n) is 6.67. The predicted molar refractivity (Wildman–Crippen MR) is 84.0 cm³/mol. The lowest BCUT2D eigenvalue weighted by Gasteiger charge is -2.15. The van der Waals surface area contributed by atoms with Crippen LogP contribution in [-0.2, 0) is 0 Å². The number of nitrogens with one attached hydrogen (secondary N) is 1. The molecule has 1 heterocycles. The van der Waals surface area contributed by atoms with Gasteiger partial charge in [-0.25, -0.2) is 14.4 Å². The Balaban J connectivity index is 2.33. The topological polar surface area (TPSA) is 84.1 Å². The van der Waals surface area contributed by atoms with Crippen LogP contribution >= 0.6 is 0 Å². The molecule has 1 amide bonds. The molecule has 1 aromatic carbocycles. The Kier molecular flexibility index (Phi) is 4.25. The molecule has 0 radical (unpaired) electrons. The Labute approximate surface area is 128 Å². The number of aromatic nitrogens is 2. The molecule has 0 aliphatic rings. The van der Waals surface area contributed by atoms with E-state index in [1.165, 1.54) is 12.1 Å². The van der Waals surface area contributed by atoms with E-state index in [2.05, 4.69) is 15.3 Å². The van der Waals surface area contributed by atoms with Gasteiger partial charge in [-0.1, -0.05) is 0 Å². The molecule has 0 aliphatic heterocycles. The molecule has 0 saturated heterocycles. The molecule has 0 atom stereocenters. The summed E-state index contributed by atoms with van der Waals surface area (Å²) in [5, 5.41) is 2.95. The summed E-state index contributed by atoms with van der Waals surface area (Å²) < 4.78 is 13.8. The highest BCUT2D eigenvalue weighted by Gasteiger charge is 2.13. The standard InChI is InChI=1S/C15H18FN5O/c1-8-5-10(14(17)22)11(16)6-12(8)20-15-18-7-13(21(3)4)9(2)19-15/h5-7H,1-4H3,(H2,17,22)(H,18,19,20). The molecule has 0 spiro atoms. The highest BCUT2D eigenvalue weighted by molar-refractivity contribution is 5.94. The highest BCUT2D eigenvalue weighted by Crippen LogP contribution is 2.23. The van der Waals surface area contributed by atoms with Gasteiger partial charge in [0.2, 0.25) is 5.95 Å². The lowest BCUT2D eigenvalue weighted by atomic mass is 10.1. The number of amides is 1. The zero-order valence-corrected chi connectivity index (χ0v) is 12.9. The number of halogens is 1. The molecular weight excluding hydrogens is 285 g/mol. The van der Waals surface area contributed by atoms with Crippen molar-refractivity contribution in [2.24, 2.45) is 5.73 Å². The molecular formula is C15H18FN5O. The van der Waals surface area contributed by atoms with E-state index in [0.29, 0.717) is 17.2 Å². The van der Waals surface area contributed by atoms with Crippen molar-refractivity contribution in [1.29, 1.82) is 0 Å². The van der Waals surface area contributed by atoms with Crippen LogP contribution in [0.5, 0.6) is 0 Å². The first-order chi connectivity index (χ1) is 10.3. The van der Waals surface area contributed by atoms with Crippen LogP contribution in [0.15, 0.2) is 18.3 Å². The number of aryl methyl sites for hydroxylation is 2. The second-order valence-corrected chi connectivity index (χ2v) is 5.19. The minimum atomic E-state index is -0.797. The molecule has 116 valence electrons. The Morgan fingerprint density at radius 1 is 1.32 bits per heavy atom. The number of carbonyl (C=O) groups excluding carboxylic acids is 1. The zero-order valence-electron chi connectivity index (χ0n) is 12.9. The minimum absolute atomic E-state index is 0.136. The number of anilines is 3. The van der Waals surface area contributed by atoms with E-state index in [-0.39, 0.29) is 5.56 Å². The SMILES string of the molecule is Cc1cc(C(N)=O)c(F)cc1Nc1ncc(N(C)C)c(C)n1. The number of benzene rings is 1. The molecule has 0 aliphatic carbocycles. The smallest absolute Gasteiger partial charge is 0.251 e. The van der Waals surface area contributed by atoms with Gasteiger partial charge in [-0.2, -0.15) is 0 Å². The number of hydrogen-bond donors (Lipinski definition) is 2. The number of nitrogens with zero attached hydrogens (tertiary/aromatic N) is 3. The van der Waals surface area contributed by atoms with Gasteiger partial charge in [0.1, 0.15) is 5.82 Å². The highest BCUT2D eigenvalue weighted by atomic mass is 19.1. The Hall–Kier alpha value is -2.70. The summed E-state index contributed by atoms with van der Waals surface area (Å²) in [6.07, 6.45) is 1.69. The maximum atomic E-state index is 13.8. The van der Waals surface area contributed by atoms with Gasteiger partial charge in [0.25, 0.3) is 5.91 Å². The van der Waals surface area contributed by atoms with Crippen molar-refractivity contribution in [1.82, 2.24) is 9.97 Å².